The van der Waals surface area contributed by atoms with Gasteiger partial charge in [0, 0.05) is 19.0 Å². The fourth-order valence-electron chi connectivity index (χ4n) is 2.90. The van der Waals surface area contributed by atoms with Crippen LogP contribution in [0.3, 0.4) is 0 Å². The quantitative estimate of drug-likeness (QED) is 0.554. The molecule has 0 aliphatic carbocycles. The zero-order chi connectivity index (χ0) is 21.0. The summed E-state index contributed by atoms with van der Waals surface area (Å²) in [5.74, 6) is -0.119. The van der Waals surface area contributed by atoms with Crippen molar-refractivity contribution in [1.82, 2.24) is 10.2 Å². The van der Waals surface area contributed by atoms with Crippen molar-refractivity contribution >= 4 is 40.7 Å². The number of hydrogen-bond acceptors (Lipinski definition) is 6. The molecule has 0 saturated carbocycles. The molecular formula is C20H19N3O5S. The van der Waals surface area contributed by atoms with E-state index >= 15 is 0 Å². The summed E-state index contributed by atoms with van der Waals surface area (Å²) in [7, 11) is 3.05. The number of ether oxygens (including phenoxy) is 2. The fourth-order valence-corrected chi connectivity index (χ4v) is 3.12. The van der Waals surface area contributed by atoms with Crippen molar-refractivity contribution in [2.24, 2.45) is 0 Å². The number of amides is 3. The topological polar surface area (TPSA) is 97.0 Å². The van der Waals surface area contributed by atoms with Crippen LogP contribution in [0.25, 0.3) is 0 Å². The van der Waals surface area contributed by atoms with Gasteiger partial charge in [0.15, 0.2) is 5.11 Å². The van der Waals surface area contributed by atoms with Gasteiger partial charge in [0.05, 0.1) is 31.0 Å². The molecule has 0 fully saturated rings. The minimum Gasteiger partial charge on any atom is -0.497 e. The summed E-state index contributed by atoms with van der Waals surface area (Å²) in [4.78, 5) is 37.9. The van der Waals surface area contributed by atoms with Gasteiger partial charge in [0.1, 0.15) is 11.5 Å². The molecule has 2 N–H and O–H groups in total. The number of carbonyl (C=O) groups excluding carboxylic acids is 3. The molecule has 3 rings (SSSR count). The summed E-state index contributed by atoms with van der Waals surface area (Å²) in [6, 6.07) is 11.7. The number of nitrogens with zero attached hydrogens (tertiary/aromatic N) is 1. The van der Waals surface area contributed by atoms with Crippen LogP contribution in [0.5, 0.6) is 11.5 Å². The number of carbonyl (C=O) groups is 3. The van der Waals surface area contributed by atoms with E-state index in [-0.39, 0.29) is 18.1 Å². The monoisotopic (exact) mass is 413 g/mol. The van der Waals surface area contributed by atoms with E-state index in [1.54, 1.807) is 49.6 Å². The van der Waals surface area contributed by atoms with Gasteiger partial charge in [-0.1, -0.05) is 12.1 Å². The third kappa shape index (κ3) is 4.35. The molecule has 150 valence electrons. The molecule has 0 atom stereocenters. The Bertz CT molecular complexity index is 957. The number of rotatable bonds is 6. The van der Waals surface area contributed by atoms with E-state index < -0.39 is 17.7 Å². The average molecular weight is 413 g/mol. The molecule has 0 aromatic heterocycles. The minimum atomic E-state index is -0.425. The van der Waals surface area contributed by atoms with Crippen molar-refractivity contribution in [3.05, 3.63) is 53.6 Å². The predicted molar refractivity (Wildman–Crippen MR) is 110 cm³/mol. The second-order valence-electron chi connectivity index (χ2n) is 6.13. The van der Waals surface area contributed by atoms with E-state index in [2.05, 4.69) is 10.6 Å². The third-order valence-electron chi connectivity index (χ3n) is 4.35. The first-order valence-corrected chi connectivity index (χ1v) is 9.13. The fraction of sp³-hybridized carbons (Fsp3) is 0.200. The molecule has 0 spiro atoms. The normalized spacial score (nSPS) is 12.4. The van der Waals surface area contributed by atoms with E-state index in [9.17, 15) is 14.4 Å². The van der Waals surface area contributed by atoms with E-state index in [1.807, 2.05) is 0 Å². The molecule has 0 unspecified atom stereocenters. The Morgan fingerprint density at radius 2 is 1.69 bits per heavy atom. The van der Waals surface area contributed by atoms with Crippen LogP contribution in [0, 0.1) is 0 Å². The van der Waals surface area contributed by atoms with E-state index in [1.165, 1.54) is 7.11 Å². The highest BCUT2D eigenvalue weighted by Gasteiger charge is 2.34. The lowest BCUT2D eigenvalue weighted by Gasteiger charge is -2.15. The summed E-state index contributed by atoms with van der Waals surface area (Å²) < 4.78 is 10.4. The lowest BCUT2D eigenvalue weighted by atomic mass is 10.1. The van der Waals surface area contributed by atoms with Crippen molar-refractivity contribution in [3.8, 4) is 11.5 Å². The summed E-state index contributed by atoms with van der Waals surface area (Å²) in [6.45, 7) is -0.0351. The lowest BCUT2D eigenvalue weighted by molar-refractivity contribution is -0.119. The maximum Gasteiger partial charge on any atom is 0.261 e. The largest absolute Gasteiger partial charge is 0.497 e. The van der Waals surface area contributed by atoms with Gasteiger partial charge < -0.3 is 20.1 Å². The van der Waals surface area contributed by atoms with Crippen LogP contribution in [-0.4, -0.2) is 48.5 Å². The Morgan fingerprint density at radius 1 is 1.03 bits per heavy atom. The van der Waals surface area contributed by atoms with Gasteiger partial charge in [-0.3, -0.25) is 19.3 Å². The van der Waals surface area contributed by atoms with Gasteiger partial charge in [-0.05, 0) is 36.5 Å². The van der Waals surface area contributed by atoms with Crippen LogP contribution in [0.1, 0.15) is 27.1 Å². The average Bonchev–Trinajstić information content (AvgIpc) is 2.97. The first-order valence-electron chi connectivity index (χ1n) is 8.72. The summed E-state index contributed by atoms with van der Waals surface area (Å²) in [5.41, 5.74) is 1.25. The molecule has 1 heterocycles. The van der Waals surface area contributed by atoms with Gasteiger partial charge in [-0.15, -0.1) is 0 Å². The zero-order valence-electron chi connectivity index (χ0n) is 15.9. The van der Waals surface area contributed by atoms with Crippen molar-refractivity contribution in [3.63, 3.8) is 0 Å². The van der Waals surface area contributed by atoms with E-state index in [0.717, 1.165) is 4.90 Å². The molecule has 1 aliphatic heterocycles. The van der Waals surface area contributed by atoms with Crippen molar-refractivity contribution in [1.29, 1.82) is 0 Å². The summed E-state index contributed by atoms with van der Waals surface area (Å²) in [5, 5.41) is 5.47. The highest BCUT2D eigenvalue weighted by Crippen LogP contribution is 2.29. The number of imide groups is 1. The Kier molecular flexibility index (Phi) is 6.08. The van der Waals surface area contributed by atoms with Crippen LogP contribution in [0.2, 0.25) is 0 Å². The van der Waals surface area contributed by atoms with Crippen LogP contribution >= 0.6 is 12.2 Å². The SMILES string of the molecule is COc1ccc(NC(=S)NC(=O)CCN2C(=O)c3ccccc3C2=O)c(OC)c1. The van der Waals surface area contributed by atoms with Gasteiger partial charge >= 0.3 is 0 Å². The summed E-state index contributed by atoms with van der Waals surface area (Å²) >= 11 is 5.16. The summed E-state index contributed by atoms with van der Waals surface area (Å²) in [6.07, 6.45) is -0.0764. The van der Waals surface area contributed by atoms with Crippen molar-refractivity contribution in [2.45, 2.75) is 6.42 Å². The molecule has 2 aromatic carbocycles. The number of fused-ring (bicyclic) bond motifs is 1. The first kappa shape index (κ1) is 20.3. The Labute approximate surface area is 172 Å². The highest BCUT2D eigenvalue weighted by atomic mass is 32.1. The van der Waals surface area contributed by atoms with Crippen LogP contribution in [0.4, 0.5) is 5.69 Å². The van der Waals surface area contributed by atoms with Crippen LogP contribution in [-0.2, 0) is 4.79 Å². The molecule has 1 aliphatic rings. The highest BCUT2D eigenvalue weighted by molar-refractivity contribution is 7.80. The number of hydrogen-bond donors (Lipinski definition) is 2. The molecule has 0 radical (unpaired) electrons. The second-order valence-corrected chi connectivity index (χ2v) is 6.53. The number of thiocarbonyl (C=S) groups is 1. The zero-order valence-corrected chi connectivity index (χ0v) is 16.7. The molecule has 3 amide bonds. The molecule has 0 saturated heterocycles. The second kappa shape index (κ2) is 8.70. The molecule has 9 heteroatoms. The van der Waals surface area contributed by atoms with Crippen LogP contribution < -0.4 is 20.1 Å². The van der Waals surface area contributed by atoms with Crippen molar-refractivity contribution < 1.29 is 23.9 Å². The smallest absolute Gasteiger partial charge is 0.261 e. The maximum atomic E-state index is 12.3. The predicted octanol–water partition coefficient (Wildman–Crippen LogP) is 2.20. The lowest BCUT2D eigenvalue weighted by Crippen LogP contribution is -2.38. The number of anilines is 1. The van der Waals surface area contributed by atoms with Gasteiger partial charge in [0.2, 0.25) is 5.91 Å². The standard InChI is InChI=1S/C20H19N3O5S/c1-27-12-7-8-15(16(11-12)28-2)21-20(29)22-17(24)9-10-23-18(25)13-5-3-4-6-14(13)19(23)26/h3-8,11H,9-10H2,1-2H3,(H2,21,22,24,29). The number of nitrogens with one attached hydrogen (secondary N) is 2. The van der Waals surface area contributed by atoms with E-state index in [0.29, 0.717) is 28.3 Å². The molecule has 8 nitrogen and oxygen atoms in total. The van der Waals surface area contributed by atoms with Gasteiger partial charge in [0.25, 0.3) is 11.8 Å². The Morgan fingerprint density at radius 3 is 2.28 bits per heavy atom. The molecular weight excluding hydrogens is 394 g/mol. The third-order valence-corrected chi connectivity index (χ3v) is 4.55. The van der Waals surface area contributed by atoms with E-state index in [4.69, 9.17) is 21.7 Å². The van der Waals surface area contributed by atoms with Crippen molar-refractivity contribution in [2.75, 3.05) is 26.1 Å². The Hall–Kier alpha value is -3.46. The molecule has 0 bridgehead atoms. The maximum absolute atomic E-state index is 12.3. The molecule has 29 heavy (non-hydrogen) atoms. The van der Waals surface area contributed by atoms with Gasteiger partial charge in [-0.2, -0.15) is 0 Å². The van der Waals surface area contributed by atoms with Crippen LogP contribution in [0.15, 0.2) is 42.5 Å². The number of benzene rings is 2. The molecule has 2 aromatic rings. The van der Waals surface area contributed by atoms with Gasteiger partial charge in [-0.25, -0.2) is 0 Å². The first-order chi connectivity index (χ1) is 13.9. The minimum absolute atomic E-state index is 0.0351. The number of methoxy groups -OCH3 is 2. The Balaban J connectivity index is 1.55.